The molecular weight excluding hydrogens is 148 g/mol. The van der Waals surface area contributed by atoms with Crippen LogP contribution in [0.1, 0.15) is 41.0 Å². The van der Waals surface area contributed by atoms with E-state index < -0.39 is 5.60 Å². The van der Waals surface area contributed by atoms with Crippen LogP contribution in [0, 0.1) is 23.7 Å². The summed E-state index contributed by atoms with van der Waals surface area (Å²) in [6, 6.07) is 0. The molecule has 0 fully saturated rings. The van der Waals surface area contributed by atoms with Crippen molar-refractivity contribution in [2.24, 2.45) is 11.3 Å². The topological polar surface area (TPSA) is 20.2 Å². The number of rotatable bonds is 2. The third-order valence-electron chi connectivity index (χ3n) is 2.18. The average molecular weight is 168 g/mol. The van der Waals surface area contributed by atoms with Crippen molar-refractivity contribution < 1.29 is 5.11 Å². The van der Waals surface area contributed by atoms with Crippen LogP contribution >= 0.6 is 0 Å². The number of terminal acetylenes is 1. The Balaban J connectivity index is 4.61. The normalized spacial score (nSPS) is 17.2. The van der Waals surface area contributed by atoms with Crippen LogP contribution in [0.4, 0.5) is 0 Å². The Kier molecular flexibility index (Phi) is 3.35. The summed E-state index contributed by atoms with van der Waals surface area (Å²) < 4.78 is 0. The first-order valence-electron chi connectivity index (χ1n) is 4.43. The third-order valence-corrected chi connectivity index (χ3v) is 2.18. The van der Waals surface area contributed by atoms with Crippen LogP contribution in [-0.4, -0.2) is 10.7 Å². The van der Waals surface area contributed by atoms with Gasteiger partial charge in [0.15, 0.2) is 0 Å². The third kappa shape index (κ3) is 2.53. The van der Waals surface area contributed by atoms with E-state index in [9.17, 15) is 5.11 Å². The highest BCUT2D eigenvalue weighted by Gasteiger charge is 2.38. The summed E-state index contributed by atoms with van der Waals surface area (Å²) in [7, 11) is 0. The van der Waals surface area contributed by atoms with Crippen molar-refractivity contribution in [3.8, 4) is 12.3 Å². The standard InChI is InChI=1S/C11H20O/c1-7-11(12,8-9(2)3)10(4,5)6/h1,9,12H,8H2,2-6H3. The summed E-state index contributed by atoms with van der Waals surface area (Å²) >= 11 is 0. The largest absolute Gasteiger partial charge is 0.377 e. The predicted molar refractivity (Wildman–Crippen MR) is 52.7 cm³/mol. The fraction of sp³-hybridized carbons (Fsp3) is 0.818. The summed E-state index contributed by atoms with van der Waals surface area (Å²) in [5.74, 6) is 2.93. The second-order valence-corrected chi connectivity index (χ2v) is 4.85. The van der Waals surface area contributed by atoms with E-state index in [0.29, 0.717) is 12.3 Å². The molecule has 0 aromatic heterocycles. The first-order chi connectivity index (χ1) is 5.23. The van der Waals surface area contributed by atoms with Gasteiger partial charge in [-0.3, -0.25) is 0 Å². The highest BCUT2D eigenvalue weighted by Crippen LogP contribution is 2.34. The van der Waals surface area contributed by atoms with E-state index in [1.807, 2.05) is 20.8 Å². The molecule has 0 aliphatic rings. The molecule has 0 amide bonds. The van der Waals surface area contributed by atoms with Gasteiger partial charge in [0.25, 0.3) is 0 Å². The van der Waals surface area contributed by atoms with Gasteiger partial charge in [-0.05, 0) is 12.3 Å². The lowest BCUT2D eigenvalue weighted by atomic mass is 9.73. The Morgan fingerprint density at radius 3 is 1.83 bits per heavy atom. The lowest BCUT2D eigenvalue weighted by Gasteiger charge is -2.37. The van der Waals surface area contributed by atoms with Crippen molar-refractivity contribution in [3.05, 3.63) is 0 Å². The maximum Gasteiger partial charge on any atom is 0.130 e. The number of aliphatic hydroxyl groups is 1. The molecule has 0 radical (unpaired) electrons. The van der Waals surface area contributed by atoms with Crippen molar-refractivity contribution >= 4 is 0 Å². The van der Waals surface area contributed by atoms with Gasteiger partial charge >= 0.3 is 0 Å². The lowest BCUT2D eigenvalue weighted by molar-refractivity contribution is -0.0209. The second-order valence-electron chi connectivity index (χ2n) is 4.85. The number of hydrogen-bond acceptors (Lipinski definition) is 1. The molecule has 0 aromatic rings. The van der Waals surface area contributed by atoms with E-state index in [0.717, 1.165) is 0 Å². The van der Waals surface area contributed by atoms with Crippen LogP contribution in [-0.2, 0) is 0 Å². The molecule has 0 bridgehead atoms. The van der Waals surface area contributed by atoms with Gasteiger partial charge in [0, 0.05) is 5.41 Å². The molecule has 1 atom stereocenters. The molecule has 70 valence electrons. The molecule has 1 N–H and O–H groups in total. The van der Waals surface area contributed by atoms with Gasteiger partial charge in [-0.15, -0.1) is 6.42 Å². The average Bonchev–Trinajstić information content (AvgIpc) is 1.83. The van der Waals surface area contributed by atoms with Crippen LogP contribution < -0.4 is 0 Å². The van der Waals surface area contributed by atoms with Crippen molar-refractivity contribution in [1.29, 1.82) is 0 Å². The number of hydrogen-bond donors (Lipinski definition) is 1. The molecule has 0 aromatic carbocycles. The molecule has 0 rings (SSSR count). The maximum atomic E-state index is 10.1. The lowest BCUT2D eigenvalue weighted by Crippen LogP contribution is -2.42. The minimum Gasteiger partial charge on any atom is -0.377 e. The van der Waals surface area contributed by atoms with Crippen LogP contribution in [0.15, 0.2) is 0 Å². The Morgan fingerprint density at radius 1 is 1.33 bits per heavy atom. The smallest absolute Gasteiger partial charge is 0.130 e. The molecule has 0 saturated carbocycles. The summed E-state index contributed by atoms with van der Waals surface area (Å²) in [6.07, 6.45) is 6.00. The van der Waals surface area contributed by atoms with Crippen molar-refractivity contribution in [3.63, 3.8) is 0 Å². The molecule has 0 spiro atoms. The van der Waals surface area contributed by atoms with Gasteiger partial charge in [-0.2, -0.15) is 0 Å². The molecular formula is C11H20O. The summed E-state index contributed by atoms with van der Waals surface area (Å²) in [4.78, 5) is 0. The Labute approximate surface area is 76.2 Å². The molecule has 1 nitrogen and oxygen atoms in total. The molecule has 12 heavy (non-hydrogen) atoms. The fourth-order valence-corrected chi connectivity index (χ4v) is 1.17. The van der Waals surface area contributed by atoms with Gasteiger partial charge in [-0.25, -0.2) is 0 Å². The van der Waals surface area contributed by atoms with Crippen LogP contribution in [0.25, 0.3) is 0 Å². The highest BCUT2D eigenvalue weighted by atomic mass is 16.3. The second kappa shape index (κ2) is 3.49. The van der Waals surface area contributed by atoms with Crippen molar-refractivity contribution in [2.75, 3.05) is 0 Å². The van der Waals surface area contributed by atoms with Crippen LogP contribution in [0.3, 0.4) is 0 Å². The first-order valence-corrected chi connectivity index (χ1v) is 4.43. The minimum atomic E-state index is -0.971. The first kappa shape index (κ1) is 11.5. The molecule has 1 unspecified atom stereocenters. The summed E-state index contributed by atoms with van der Waals surface area (Å²) in [5.41, 5.74) is -1.22. The van der Waals surface area contributed by atoms with E-state index in [-0.39, 0.29) is 5.41 Å². The van der Waals surface area contributed by atoms with Gasteiger partial charge < -0.3 is 5.11 Å². The van der Waals surface area contributed by atoms with Crippen LogP contribution in [0.5, 0.6) is 0 Å². The van der Waals surface area contributed by atoms with Gasteiger partial charge in [0.05, 0.1) is 0 Å². The zero-order valence-corrected chi connectivity index (χ0v) is 8.81. The quantitative estimate of drug-likeness (QED) is 0.628. The van der Waals surface area contributed by atoms with E-state index in [1.165, 1.54) is 0 Å². The van der Waals surface area contributed by atoms with Gasteiger partial charge in [0.2, 0.25) is 0 Å². The molecule has 0 aliphatic heterocycles. The zero-order chi connectivity index (χ0) is 9.99. The zero-order valence-electron chi connectivity index (χ0n) is 8.81. The van der Waals surface area contributed by atoms with Crippen molar-refractivity contribution in [2.45, 2.75) is 46.6 Å². The van der Waals surface area contributed by atoms with E-state index in [4.69, 9.17) is 6.42 Å². The van der Waals surface area contributed by atoms with Crippen LogP contribution in [0.2, 0.25) is 0 Å². The van der Waals surface area contributed by atoms with Crippen molar-refractivity contribution in [1.82, 2.24) is 0 Å². The SMILES string of the molecule is C#CC(O)(CC(C)C)C(C)(C)C. The van der Waals surface area contributed by atoms with E-state index >= 15 is 0 Å². The molecule has 0 saturated heterocycles. The summed E-state index contributed by atoms with van der Waals surface area (Å²) in [5, 5.41) is 10.1. The Hall–Kier alpha value is -0.480. The Bertz CT molecular complexity index is 180. The molecule has 0 heterocycles. The van der Waals surface area contributed by atoms with E-state index in [2.05, 4.69) is 19.8 Å². The predicted octanol–water partition coefficient (Wildman–Crippen LogP) is 2.44. The van der Waals surface area contributed by atoms with Gasteiger partial charge in [-0.1, -0.05) is 40.5 Å². The Morgan fingerprint density at radius 2 is 1.75 bits per heavy atom. The summed E-state index contributed by atoms with van der Waals surface area (Å²) in [6.45, 7) is 10.0. The molecule has 1 heteroatoms. The molecule has 0 aliphatic carbocycles. The maximum absolute atomic E-state index is 10.1. The van der Waals surface area contributed by atoms with E-state index in [1.54, 1.807) is 0 Å². The highest BCUT2D eigenvalue weighted by molar-refractivity contribution is 5.13. The van der Waals surface area contributed by atoms with Gasteiger partial charge in [0.1, 0.15) is 5.60 Å². The fourth-order valence-electron chi connectivity index (χ4n) is 1.17. The monoisotopic (exact) mass is 168 g/mol. The minimum absolute atomic E-state index is 0.244.